The smallest absolute Gasteiger partial charge is 0.189 e. The van der Waals surface area contributed by atoms with E-state index in [1.165, 1.54) is 6.08 Å². The number of aromatic hydroxyl groups is 1. The molecule has 0 atom stereocenters. The molecule has 7 N–H and O–H groups in total. The van der Waals surface area contributed by atoms with E-state index in [4.69, 9.17) is 9.47 Å². The summed E-state index contributed by atoms with van der Waals surface area (Å²) in [6.45, 7) is 23.6. The molecule has 0 aromatic heterocycles. The van der Waals surface area contributed by atoms with Gasteiger partial charge < -0.3 is 56.3 Å². The third-order valence-corrected chi connectivity index (χ3v) is 10.1. The van der Waals surface area contributed by atoms with Crippen LogP contribution in [0.4, 0.5) is 0 Å². The Balaban J connectivity index is 1.22. The fourth-order valence-electron chi connectivity index (χ4n) is 6.72. The van der Waals surface area contributed by atoms with Crippen molar-refractivity contribution >= 4 is 11.9 Å². The van der Waals surface area contributed by atoms with Gasteiger partial charge in [-0.15, -0.1) is 0 Å². The number of benzene rings is 2. The summed E-state index contributed by atoms with van der Waals surface area (Å²) >= 11 is 0. The van der Waals surface area contributed by atoms with Crippen molar-refractivity contribution in [3.05, 3.63) is 70.8 Å². The first-order valence-corrected chi connectivity index (χ1v) is 21.2. The first-order valence-electron chi connectivity index (χ1n) is 21.2. The zero-order valence-electron chi connectivity index (χ0n) is 34.4. The SMILES string of the molecule is CC(C)=CCc1c(OCCCCN2CCNCCNCCNCC2)ccc(C(=O)/C=C/c2ccc(OCCCCN3CCNCCNCCNCC3)cc2)c1O. The maximum Gasteiger partial charge on any atom is 0.189 e. The zero-order valence-corrected chi connectivity index (χ0v) is 34.4. The lowest BCUT2D eigenvalue weighted by molar-refractivity contribution is 0.104. The maximum atomic E-state index is 13.3. The van der Waals surface area contributed by atoms with Crippen LogP contribution in [0.15, 0.2) is 54.1 Å². The van der Waals surface area contributed by atoms with Gasteiger partial charge in [-0.1, -0.05) is 29.9 Å². The van der Waals surface area contributed by atoms with Gasteiger partial charge >= 0.3 is 0 Å². The molecule has 0 aliphatic carbocycles. The van der Waals surface area contributed by atoms with Gasteiger partial charge in [0.1, 0.15) is 17.2 Å². The number of rotatable bonds is 17. The van der Waals surface area contributed by atoms with Crippen molar-refractivity contribution < 1.29 is 19.4 Å². The molecule has 312 valence electrons. The number of phenols is 1. The average molecular weight is 777 g/mol. The number of hydrogen-bond acceptors (Lipinski definition) is 12. The molecule has 12 nitrogen and oxygen atoms in total. The second-order valence-corrected chi connectivity index (χ2v) is 15.0. The first-order chi connectivity index (χ1) is 27.5. The van der Waals surface area contributed by atoms with E-state index in [0.29, 0.717) is 30.9 Å². The van der Waals surface area contributed by atoms with Gasteiger partial charge in [-0.25, -0.2) is 0 Å². The Morgan fingerprint density at radius 3 is 1.62 bits per heavy atom. The van der Waals surface area contributed by atoms with Crippen molar-refractivity contribution in [2.24, 2.45) is 0 Å². The van der Waals surface area contributed by atoms with E-state index in [2.05, 4.69) is 47.8 Å². The van der Waals surface area contributed by atoms with Crippen molar-refractivity contribution in [2.45, 2.75) is 46.0 Å². The number of ether oxygens (including phenoxy) is 2. The monoisotopic (exact) mass is 777 g/mol. The van der Waals surface area contributed by atoms with Crippen LogP contribution < -0.4 is 41.4 Å². The van der Waals surface area contributed by atoms with Crippen LogP contribution in [0.25, 0.3) is 6.08 Å². The molecule has 0 saturated carbocycles. The Hall–Kier alpha value is -3.33. The van der Waals surface area contributed by atoms with Gasteiger partial charge in [-0.3, -0.25) is 4.79 Å². The molecule has 4 rings (SSSR count). The molecule has 0 spiro atoms. The summed E-state index contributed by atoms with van der Waals surface area (Å²) < 4.78 is 12.3. The van der Waals surface area contributed by atoms with Crippen LogP contribution in [-0.4, -0.2) is 152 Å². The second kappa shape index (κ2) is 28.1. The Morgan fingerprint density at radius 1 is 0.643 bits per heavy atom. The van der Waals surface area contributed by atoms with E-state index in [9.17, 15) is 9.90 Å². The summed E-state index contributed by atoms with van der Waals surface area (Å²) in [5.41, 5.74) is 2.95. The molecule has 2 aliphatic heterocycles. The largest absolute Gasteiger partial charge is 0.507 e. The number of nitrogens with zero attached hydrogens (tertiary/aromatic N) is 2. The fourth-order valence-corrected chi connectivity index (χ4v) is 6.72. The minimum Gasteiger partial charge on any atom is -0.507 e. The number of ketones is 1. The molecule has 2 fully saturated rings. The molecule has 0 radical (unpaired) electrons. The average Bonchev–Trinajstić information content (AvgIpc) is 3.18. The molecular formula is C44H72N8O4. The van der Waals surface area contributed by atoms with Crippen molar-refractivity contribution in [3.8, 4) is 17.2 Å². The van der Waals surface area contributed by atoms with Crippen LogP contribution in [0.3, 0.4) is 0 Å². The Kier molecular flexibility index (Phi) is 22.8. The van der Waals surface area contributed by atoms with Gasteiger partial charge in [0.15, 0.2) is 5.78 Å². The molecule has 0 bridgehead atoms. The number of nitrogens with one attached hydrogen (secondary N) is 6. The lowest BCUT2D eigenvalue weighted by Gasteiger charge is -2.23. The number of allylic oxidation sites excluding steroid dienone is 3. The van der Waals surface area contributed by atoms with Gasteiger partial charge in [0.25, 0.3) is 0 Å². The molecule has 2 aromatic carbocycles. The predicted octanol–water partition coefficient (Wildman–Crippen LogP) is 3.28. The van der Waals surface area contributed by atoms with Crippen LogP contribution in [0.5, 0.6) is 17.2 Å². The van der Waals surface area contributed by atoms with Crippen molar-refractivity contribution in [2.75, 3.05) is 131 Å². The highest BCUT2D eigenvalue weighted by Crippen LogP contribution is 2.33. The molecule has 0 amide bonds. The Morgan fingerprint density at radius 2 is 1.12 bits per heavy atom. The van der Waals surface area contributed by atoms with Gasteiger partial charge in [0.2, 0.25) is 0 Å². The maximum absolute atomic E-state index is 13.3. The van der Waals surface area contributed by atoms with Crippen LogP contribution in [0.1, 0.15) is 61.0 Å². The number of phenolic OH excluding ortho intramolecular Hbond substituents is 1. The highest BCUT2D eigenvalue weighted by atomic mass is 16.5. The van der Waals surface area contributed by atoms with Crippen LogP contribution in [0, 0.1) is 0 Å². The van der Waals surface area contributed by atoms with Gasteiger partial charge in [-0.05, 0) is 94.9 Å². The molecule has 2 heterocycles. The summed E-state index contributed by atoms with van der Waals surface area (Å²) in [7, 11) is 0. The predicted molar refractivity (Wildman–Crippen MR) is 231 cm³/mol. The van der Waals surface area contributed by atoms with Crippen LogP contribution in [0.2, 0.25) is 0 Å². The molecule has 0 unspecified atom stereocenters. The lowest BCUT2D eigenvalue weighted by atomic mass is 10.00. The van der Waals surface area contributed by atoms with E-state index in [1.807, 2.05) is 44.2 Å². The van der Waals surface area contributed by atoms with E-state index in [1.54, 1.807) is 12.1 Å². The quantitative estimate of drug-likeness (QED) is 0.0551. The number of hydrogen-bond donors (Lipinski definition) is 7. The van der Waals surface area contributed by atoms with E-state index >= 15 is 0 Å². The van der Waals surface area contributed by atoms with E-state index in [-0.39, 0.29) is 17.1 Å². The van der Waals surface area contributed by atoms with Crippen molar-refractivity contribution in [1.29, 1.82) is 0 Å². The van der Waals surface area contributed by atoms with Crippen molar-refractivity contribution in [3.63, 3.8) is 0 Å². The summed E-state index contributed by atoms with van der Waals surface area (Å²) in [5.74, 6) is 1.19. The van der Waals surface area contributed by atoms with Crippen molar-refractivity contribution in [1.82, 2.24) is 41.7 Å². The lowest BCUT2D eigenvalue weighted by Crippen LogP contribution is -2.42. The van der Waals surface area contributed by atoms with Gasteiger partial charge in [0.05, 0.1) is 18.8 Å². The number of unbranched alkanes of at least 4 members (excludes halogenated alkanes) is 2. The summed E-state index contributed by atoms with van der Waals surface area (Å²) in [6.07, 6.45) is 9.87. The van der Waals surface area contributed by atoms with E-state index < -0.39 is 0 Å². The van der Waals surface area contributed by atoms with Crippen LogP contribution >= 0.6 is 0 Å². The number of carbonyl (C=O) groups excluding carboxylic acids is 1. The third kappa shape index (κ3) is 18.7. The molecule has 56 heavy (non-hydrogen) atoms. The minimum absolute atomic E-state index is 0.0121. The highest BCUT2D eigenvalue weighted by molar-refractivity contribution is 6.09. The summed E-state index contributed by atoms with van der Waals surface area (Å²) in [4.78, 5) is 18.4. The first kappa shape index (κ1) is 45.4. The molecule has 2 aliphatic rings. The molecule has 2 aromatic rings. The Bertz CT molecular complexity index is 1410. The summed E-state index contributed by atoms with van der Waals surface area (Å²) in [5, 5.41) is 32.3. The Labute approximate surface area is 337 Å². The summed E-state index contributed by atoms with van der Waals surface area (Å²) in [6, 6.07) is 11.3. The van der Waals surface area contributed by atoms with Gasteiger partial charge in [0, 0.05) is 110 Å². The molecule has 12 heteroatoms. The van der Waals surface area contributed by atoms with Gasteiger partial charge in [-0.2, -0.15) is 0 Å². The van der Waals surface area contributed by atoms with E-state index in [0.717, 1.165) is 160 Å². The standard InChI is InChI=1S/C44H72N8O4/c1-37(2)7-13-41-43(56-36-6-4-30-52-33-27-49-23-19-46-20-24-50-28-34-52)16-14-40(44(41)54)42(53)15-10-38-8-11-39(12-9-38)55-35-5-3-29-51-31-25-47-21-17-45-18-22-48-26-32-51/h7-12,14-16,45-50,54H,3-6,13,17-36H2,1-2H3/b15-10+. The zero-order chi connectivity index (χ0) is 39.5. The molecular weight excluding hydrogens is 705 g/mol. The number of carbonyl (C=O) groups is 1. The molecule has 2 saturated heterocycles. The fraction of sp³-hybridized carbons (Fsp3) is 0.614. The van der Waals surface area contributed by atoms with Crippen LogP contribution in [-0.2, 0) is 6.42 Å². The minimum atomic E-state index is -0.250. The second-order valence-electron chi connectivity index (χ2n) is 15.0. The highest BCUT2D eigenvalue weighted by Gasteiger charge is 2.17. The topological polar surface area (TPSA) is 134 Å². The normalized spacial score (nSPS) is 17.9. The third-order valence-electron chi connectivity index (χ3n) is 10.1.